The smallest absolute Gasteiger partial charge is 0.139 e. The van der Waals surface area contributed by atoms with E-state index in [1.54, 1.807) is 7.11 Å². The van der Waals surface area contributed by atoms with Gasteiger partial charge in [0, 0.05) is 28.7 Å². The third-order valence-electron chi connectivity index (χ3n) is 3.48. The summed E-state index contributed by atoms with van der Waals surface area (Å²) in [6.07, 6.45) is 3.72. The Hall–Kier alpha value is -2.82. The standard InChI is InChI=1S/C15H12N4O/c1-20-10-4-2-9(3-5-10)13-12-8-17-15-11(6-7-16-15)14(12)19-18-13/h2-8H,1H3,(H,16,17)(H,18,19). The summed E-state index contributed by atoms with van der Waals surface area (Å²) in [5, 5.41) is 9.60. The summed E-state index contributed by atoms with van der Waals surface area (Å²) in [7, 11) is 1.66. The zero-order chi connectivity index (χ0) is 13.5. The maximum Gasteiger partial charge on any atom is 0.139 e. The van der Waals surface area contributed by atoms with Gasteiger partial charge in [-0.1, -0.05) is 0 Å². The lowest BCUT2D eigenvalue weighted by molar-refractivity contribution is 0.415. The van der Waals surface area contributed by atoms with Gasteiger partial charge in [0.15, 0.2) is 0 Å². The molecule has 4 rings (SSSR count). The van der Waals surface area contributed by atoms with E-state index in [1.165, 1.54) is 0 Å². The maximum absolute atomic E-state index is 5.18. The predicted octanol–water partition coefficient (Wildman–Crippen LogP) is 3.11. The van der Waals surface area contributed by atoms with Crippen molar-refractivity contribution in [1.82, 2.24) is 20.2 Å². The number of aromatic nitrogens is 4. The van der Waals surface area contributed by atoms with Gasteiger partial charge < -0.3 is 9.72 Å². The fraction of sp³-hybridized carbons (Fsp3) is 0.0667. The van der Waals surface area contributed by atoms with Crippen LogP contribution in [0.25, 0.3) is 33.2 Å². The molecule has 0 saturated heterocycles. The topological polar surface area (TPSA) is 66.6 Å². The van der Waals surface area contributed by atoms with Crippen LogP contribution < -0.4 is 4.74 Å². The highest BCUT2D eigenvalue weighted by atomic mass is 16.5. The van der Waals surface area contributed by atoms with Gasteiger partial charge in [-0.3, -0.25) is 5.10 Å². The molecule has 0 aliphatic carbocycles. The van der Waals surface area contributed by atoms with E-state index in [0.717, 1.165) is 38.9 Å². The number of nitrogens with zero attached hydrogens (tertiary/aromatic N) is 2. The molecule has 3 aromatic heterocycles. The molecular weight excluding hydrogens is 252 g/mol. The lowest BCUT2D eigenvalue weighted by atomic mass is 10.1. The molecule has 98 valence electrons. The van der Waals surface area contributed by atoms with Gasteiger partial charge in [-0.25, -0.2) is 4.98 Å². The van der Waals surface area contributed by atoms with Crippen LogP contribution in [-0.2, 0) is 0 Å². The van der Waals surface area contributed by atoms with Crippen molar-refractivity contribution >= 4 is 21.9 Å². The van der Waals surface area contributed by atoms with Crippen molar-refractivity contribution < 1.29 is 4.74 Å². The molecule has 0 amide bonds. The quantitative estimate of drug-likeness (QED) is 0.584. The van der Waals surface area contributed by atoms with E-state index in [-0.39, 0.29) is 0 Å². The minimum atomic E-state index is 0.833. The van der Waals surface area contributed by atoms with Gasteiger partial charge in [-0.15, -0.1) is 0 Å². The minimum absolute atomic E-state index is 0.833. The van der Waals surface area contributed by atoms with Crippen molar-refractivity contribution in [2.45, 2.75) is 0 Å². The summed E-state index contributed by atoms with van der Waals surface area (Å²) in [5.74, 6) is 0.833. The van der Waals surface area contributed by atoms with Gasteiger partial charge in [0.05, 0.1) is 12.6 Å². The number of pyridine rings is 1. The van der Waals surface area contributed by atoms with E-state index in [4.69, 9.17) is 4.74 Å². The molecule has 0 aliphatic rings. The fourth-order valence-electron chi connectivity index (χ4n) is 2.45. The molecule has 0 aliphatic heterocycles. The molecule has 0 unspecified atom stereocenters. The molecule has 2 N–H and O–H groups in total. The minimum Gasteiger partial charge on any atom is -0.497 e. The highest BCUT2D eigenvalue weighted by Crippen LogP contribution is 2.30. The van der Waals surface area contributed by atoms with E-state index >= 15 is 0 Å². The zero-order valence-corrected chi connectivity index (χ0v) is 10.8. The highest BCUT2D eigenvalue weighted by molar-refractivity contribution is 6.06. The molecule has 20 heavy (non-hydrogen) atoms. The third kappa shape index (κ3) is 1.50. The normalized spacial score (nSPS) is 11.2. The summed E-state index contributed by atoms with van der Waals surface area (Å²) in [5.41, 5.74) is 3.80. The number of fused-ring (bicyclic) bond motifs is 3. The highest BCUT2D eigenvalue weighted by Gasteiger charge is 2.11. The summed E-state index contributed by atoms with van der Waals surface area (Å²) in [6.45, 7) is 0. The average molecular weight is 264 g/mol. The number of ether oxygens (including phenoxy) is 1. The van der Waals surface area contributed by atoms with Crippen LogP contribution in [0.4, 0.5) is 0 Å². The third-order valence-corrected chi connectivity index (χ3v) is 3.48. The molecule has 5 heteroatoms. The van der Waals surface area contributed by atoms with Gasteiger partial charge in [0.2, 0.25) is 0 Å². The maximum atomic E-state index is 5.18. The molecule has 1 aromatic carbocycles. The van der Waals surface area contributed by atoms with Crippen molar-refractivity contribution in [3.63, 3.8) is 0 Å². The van der Waals surface area contributed by atoms with Crippen LogP contribution in [0.2, 0.25) is 0 Å². The van der Waals surface area contributed by atoms with Crippen LogP contribution in [0.1, 0.15) is 0 Å². The Balaban J connectivity index is 1.94. The average Bonchev–Trinajstić information content (AvgIpc) is 3.13. The van der Waals surface area contributed by atoms with Crippen LogP contribution in [0.5, 0.6) is 5.75 Å². The molecule has 5 nitrogen and oxygen atoms in total. The van der Waals surface area contributed by atoms with Crippen LogP contribution in [0.3, 0.4) is 0 Å². The lowest BCUT2D eigenvalue weighted by Crippen LogP contribution is -1.83. The monoisotopic (exact) mass is 264 g/mol. The first-order chi connectivity index (χ1) is 9.86. The van der Waals surface area contributed by atoms with Crippen LogP contribution >= 0.6 is 0 Å². The SMILES string of the molecule is COc1ccc(-c2n[nH]c3c2cnc2[nH]ccc23)cc1. The number of hydrogen-bond donors (Lipinski definition) is 2. The number of methoxy groups -OCH3 is 1. The molecule has 0 bridgehead atoms. The van der Waals surface area contributed by atoms with Crippen LogP contribution in [-0.4, -0.2) is 27.3 Å². The van der Waals surface area contributed by atoms with Crippen molar-refractivity contribution in [2.75, 3.05) is 7.11 Å². The van der Waals surface area contributed by atoms with Gasteiger partial charge in [0.25, 0.3) is 0 Å². The van der Waals surface area contributed by atoms with E-state index in [2.05, 4.69) is 20.2 Å². The van der Waals surface area contributed by atoms with Crippen molar-refractivity contribution in [3.05, 3.63) is 42.7 Å². The molecule has 0 atom stereocenters. The second-order valence-corrected chi connectivity index (χ2v) is 4.59. The predicted molar refractivity (Wildman–Crippen MR) is 77.7 cm³/mol. The van der Waals surface area contributed by atoms with Gasteiger partial charge >= 0.3 is 0 Å². The van der Waals surface area contributed by atoms with Crippen molar-refractivity contribution in [3.8, 4) is 17.0 Å². The Morgan fingerprint density at radius 3 is 2.70 bits per heavy atom. The first kappa shape index (κ1) is 11.0. The Labute approximate surface area is 114 Å². The number of nitrogens with one attached hydrogen (secondary N) is 2. The first-order valence-corrected chi connectivity index (χ1v) is 6.31. The molecule has 0 spiro atoms. The van der Waals surface area contributed by atoms with Crippen molar-refractivity contribution in [1.29, 1.82) is 0 Å². The van der Waals surface area contributed by atoms with Crippen LogP contribution in [0.15, 0.2) is 42.7 Å². The van der Waals surface area contributed by atoms with Gasteiger partial charge in [-0.2, -0.15) is 5.10 Å². The Bertz CT molecular complexity index is 889. The molecule has 4 aromatic rings. The number of aromatic amines is 2. The van der Waals surface area contributed by atoms with E-state index in [9.17, 15) is 0 Å². The number of H-pyrrole nitrogens is 2. The van der Waals surface area contributed by atoms with Gasteiger partial charge in [-0.05, 0) is 30.3 Å². The second-order valence-electron chi connectivity index (χ2n) is 4.59. The molecule has 0 fully saturated rings. The summed E-state index contributed by atoms with van der Waals surface area (Å²) < 4.78 is 5.18. The number of rotatable bonds is 2. The molecular formula is C15H12N4O. The summed E-state index contributed by atoms with van der Waals surface area (Å²) >= 11 is 0. The second kappa shape index (κ2) is 4.09. The largest absolute Gasteiger partial charge is 0.497 e. The molecule has 0 radical (unpaired) electrons. The van der Waals surface area contributed by atoms with Crippen LogP contribution in [0, 0.1) is 0 Å². The number of benzene rings is 1. The summed E-state index contributed by atoms with van der Waals surface area (Å²) in [6, 6.07) is 9.85. The lowest BCUT2D eigenvalue weighted by Gasteiger charge is -2.01. The number of hydrogen-bond acceptors (Lipinski definition) is 3. The Morgan fingerprint density at radius 2 is 1.90 bits per heavy atom. The van der Waals surface area contributed by atoms with E-state index in [1.807, 2.05) is 42.7 Å². The van der Waals surface area contributed by atoms with Crippen molar-refractivity contribution in [2.24, 2.45) is 0 Å². The zero-order valence-electron chi connectivity index (χ0n) is 10.8. The van der Waals surface area contributed by atoms with E-state index in [0.29, 0.717) is 0 Å². The van der Waals surface area contributed by atoms with E-state index < -0.39 is 0 Å². The Morgan fingerprint density at radius 1 is 1.05 bits per heavy atom. The fourth-order valence-corrected chi connectivity index (χ4v) is 2.45. The first-order valence-electron chi connectivity index (χ1n) is 6.31. The van der Waals surface area contributed by atoms with Gasteiger partial charge in [0.1, 0.15) is 17.1 Å². The molecule has 3 heterocycles. The summed E-state index contributed by atoms with van der Waals surface area (Å²) in [4.78, 5) is 7.52. The molecule has 0 saturated carbocycles. The Kier molecular flexibility index (Phi) is 2.26.